The summed E-state index contributed by atoms with van der Waals surface area (Å²) in [6.45, 7) is 0. The van der Waals surface area contributed by atoms with E-state index in [-0.39, 0.29) is 5.91 Å². The van der Waals surface area contributed by atoms with E-state index in [2.05, 4.69) is 10.3 Å². The Bertz CT molecular complexity index is 584. The summed E-state index contributed by atoms with van der Waals surface area (Å²) in [5.41, 5.74) is 1.79. The number of hydrogen-bond donors (Lipinski definition) is 1. The molecule has 4 heteroatoms. The standard InChI is InChI=1S/C18H22N2O2/c21-18(11-6-14-4-2-1-3-5-14)20-16-9-7-15(8-10-16)17-12-19-13-22-17/h7-10,12-14H,1-6,11H2,(H,20,21). The second-order valence-electron chi connectivity index (χ2n) is 6.03. The number of nitrogens with one attached hydrogen (secondary N) is 1. The first kappa shape index (κ1) is 14.8. The van der Waals surface area contributed by atoms with Crippen LogP contribution in [-0.2, 0) is 4.79 Å². The van der Waals surface area contributed by atoms with Gasteiger partial charge in [-0.15, -0.1) is 0 Å². The Kier molecular flexibility index (Phi) is 4.88. The monoisotopic (exact) mass is 298 g/mol. The second-order valence-corrected chi connectivity index (χ2v) is 6.03. The number of nitrogens with zero attached hydrogens (tertiary/aromatic N) is 1. The maximum absolute atomic E-state index is 12.0. The maximum Gasteiger partial charge on any atom is 0.224 e. The molecule has 1 aromatic heterocycles. The van der Waals surface area contributed by atoms with Gasteiger partial charge in [-0.3, -0.25) is 4.79 Å². The molecule has 4 nitrogen and oxygen atoms in total. The number of rotatable bonds is 5. The van der Waals surface area contributed by atoms with Gasteiger partial charge in [0.15, 0.2) is 12.2 Å². The van der Waals surface area contributed by atoms with Crippen molar-refractivity contribution in [1.29, 1.82) is 0 Å². The molecule has 1 aromatic carbocycles. The molecule has 0 atom stereocenters. The molecule has 1 aliphatic rings. The molecule has 1 fully saturated rings. The highest BCUT2D eigenvalue weighted by Gasteiger charge is 2.14. The van der Waals surface area contributed by atoms with E-state index in [1.807, 2.05) is 24.3 Å². The van der Waals surface area contributed by atoms with Gasteiger partial charge in [-0.2, -0.15) is 0 Å². The minimum absolute atomic E-state index is 0.109. The molecular weight excluding hydrogens is 276 g/mol. The molecule has 1 amide bonds. The summed E-state index contributed by atoms with van der Waals surface area (Å²) in [6.07, 6.45) is 11.3. The SMILES string of the molecule is O=C(CCC1CCCCC1)Nc1ccc(-c2cnco2)cc1. The number of benzene rings is 1. The van der Waals surface area contributed by atoms with Gasteiger partial charge in [0.25, 0.3) is 0 Å². The highest BCUT2D eigenvalue weighted by Crippen LogP contribution is 2.27. The number of carbonyl (C=O) groups excluding carboxylic acids is 1. The minimum Gasteiger partial charge on any atom is -0.444 e. The minimum atomic E-state index is 0.109. The smallest absolute Gasteiger partial charge is 0.224 e. The van der Waals surface area contributed by atoms with Gasteiger partial charge < -0.3 is 9.73 Å². The Morgan fingerprint density at radius 3 is 2.64 bits per heavy atom. The Hall–Kier alpha value is -2.10. The van der Waals surface area contributed by atoms with Gasteiger partial charge >= 0.3 is 0 Å². The fraction of sp³-hybridized carbons (Fsp3) is 0.444. The van der Waals surface area contributed by atoms with E-state index in [0.29, 0.717) is 6.42 Å². The van der Waals surface area contributed by atoms with Gasteiger partial charge in [0.2, 0.25) is 5.91 Å². The number of aromatic nitrogens is 1. The van der Waals surface area contributed by atoms with Crippen molar-refractivity contribution in [3.8, 4) is 11.3 Å². The van der Waals surface area contributed by atoms with E-state index in [4.69, 9.17) is 4.42 Å². The Labute approximate surface area is 130 Å². The molecule has 0 aliphatic heterocycles. The molecule has 22 heavy (non-hydrogen) atoms. The van der Waals surface area contributed by atoms with Gasteiger partial charge in [0, 0.05) is 17.7 Å². The van der Waals surface area contributed by atoms with E-state index >= 15 is 0 Å². The zero-order valence-electron chi connectivity index (χ0n) is 12.8. The second kappa shape index (κ2) is 7.25. The Balaban J connectivity index is 1.48. The van der Waals surface area contributed by atoms with Crippen molar-refractivity contribution in [2.24, 2.45) is 5.92 Å². The molecule has 1 N–H and O–H groups in total. The first-order valence-electron chi connectivity index (χ1n) is 8.10. The molecule has 1 aliphatic carbocycles. The zero-order chi connectivity index (χ0) is 15.2. The van der Waals surface area contributed by atoms with E-state index in [0.717, 1.165) is 29.3 Å². The van der Waals surface area contributed by atoms with E-state index in [9.17, 15) is 4.79 Å². The fourth-order valence-electron chi connectivity index (χ4n) is 3.11. The number of amides is 1. The lowest BCUT2D eigenvalue weighted by molar-refractivity contribution is -0.116. The molecule has 1 saturated carbocycles. The maximum atomic E-state index is 12.0. The summed E-state index contributed by atoms with van der Waals surface area (Å²) in [5.74, 6) is 1.58. The third-order valence-electron chi connectivity index (χ3n) is 4.39. The van der Waals surface area contributed by atoms with Crippen molar-refractivity contribution in [3.05, 3.63) is 36.9 Å². The highest BCUT2D eigenvalue weighted by atomic mass is 16.3. The lowest BCUT2D eigenvalue weighted by Gasteiger charge is -2.20. The summed E-state index contributed by atoms with van der Waals surface area (Å²) >= 11 is 0. The lowest BCUT2D eigenvalue weighted by Crippen LogP contribution is -2.14. The molecule has 2 aromatic rings. The number of oxazole rings is 1. The van der Waals surface area contributed by atoms with Crippen LogP contribution in [-0.4, -0.2) is 10.9 Å². The molecule has 1 heterocycles. The Morgan fingerprint density at radius 2 is 1.95 bits per heavy atom. The van der Waals surface area contributed by atoms with Crippen molar-refractivity contribution >= 4 is 11.6 Å². The van der Waals surface area contributed by atoms with Crippen LogP contribution in [0.1, 0.15) is 44.9 Å². The van der Waals surface area contributed by atoms with Gasteiger partial charge in [0.05, 0.1) is 6.20 Å². The number of hydrogen-bond acceptors (Lipinski definition) is 3. The van der Waals surface area contributed by atoms with Gasteiger partial charge in [0.1, 0.15) is 0 Å². The first-order valence-corrected chi connectivity index (χ1v) is 8.10. The average molecular weight is 298 g/mol. The van der Waals surface area contributed by atoms with Crippen molar-refractivity contribution < 1.29 is 9.21 Å². The van der Waals surface area contributed by atoms with Crippen molar-refractivity contribution in [2.45, 2.75) is 44.9 Å². The Morgan fingerprint density at radius 1 is 1.18 bits per heavy atom. The topological polar surface area (TPSA) is 55.1 Å². The predicted octanol–water partition coefficient (Wildman–Crippen LogP) is 4.64. The van der Waals surface area contributed by atoms with Crippen LogP contribution in [0.15, 0.2) is 41.3 Å². The van der Waals surface area contributed by atoms with Crippen LogP contribution in [0.5, 0.6) is 0 Å². The van der Waals surface area contributed by atoms with Gasteiger partial charge in [-0.25, -0.2) is 4.98 Å². The van der Waals surface area contributed by atoms with Crippen molar-refractivity contribution in [2.75, 3.05) is 5.32 Å². The van der Waals surface area contributed by atoms with Crippen LogP contribution in [0.3, 0.4) is 0 Å². The summed E-state index contributed by atoms with van der Waals surface area (Å²) in [7, 11) is 0. The third-order valence-corrected chi connectivity index (χ3v) is 4.39. The first-order chi connectivity index (χ1) is 10.8. The molecule has 0 saturated heterocycles. The van der Waals surface area contributed by atoms with Crippen molar-refractivity contribution in [1.82, 2.24) is 4.98 Å². The van der Waals surface area contributed by atoms with Crippen LogP contribution in [0.4, 0.5) is 5.69 Å². The van der Waals surface area contributed by atoms with E-state index in [1.165, 1.54) is 38.5 Å². The largest absolute Gasteiger partial charge is 0.444 e. The van der Waals surface area contributed by atoms with Gasteiger partial charge in [-0.1, -0.05) is 32.1 Å². The van der Waals surface area contributed by atoms with E-state index in [1.54, 1.807) is 6.20 Å². The van der Waals surface area contributed by atoms with Crippen LogP contribution in [0.25, 0.3) is 11.3 Å². The van der Waals surface area contributed by atoms with Crippen LogP contribution >= 0.6 is 0 Å². The molecule has 3 rings (SSSR count). The molecule has 0 spiro atoms. The quantitative estimate of drug-likeness (QED) is 0.874. The number of carbonyl (C=O) groups is 1. The molecule has 116 valence electrons. The highest BCUT2D eigenvalue weighted by molar-refractivity contribution is 5.90. The number of anilines is 1. The molecule has 0 unspecified atom stereocenters. The predicted molar refractivity (Wildman–Crippen MR) is 86.4 cm³/mol. The summed E-state index contributed by atoms with van der Waals surface area (Å²) in [4.78, 5) is 15.9. The molecule has 0 radical (unpaired) electrons. The van der Waals surface area contributed by atoms with Crippen molar-refractivity contribution in [3.63, 3.8) is 0 Å². The molecule has 0 bridgehead atoms. The summed E-state index contributed by atoms with van der Waals surface area (Å²) < 4.78 is 5.25. The van der Waals surface area contributed by atoms with Crippen LogP contribution in [0, 0.1) is 5.92 Å². The van der Waals surface area contributed by atoms with Crippen LogP contribution < -0.4 is 5.32 Å². The van der Waals surface area contributed by atoms with Gasteiger partial charge in [-0.05, 0) is 36.6 Å². The normalized spacial score (nSPS) is 15.6. The summed E-state index contributed by atoms with van der Waals surface area (Å²) in [5, 5.41) is 2.97. The zero-order valence-corrected chi connectivity index (χ0v) is 12.8. The average Bonchev–Trinajstić information content (AvgIpc) is 3.09. The lowest BCUT2D eigenvalue weighted by atomic mass is 9.86. The third kappa shape index (κ3) is 3.97. The summed E-state index contributed by atoms with van der Waals surface area (Å²) in [6, 6.07) is 7.65. The van der Waals surface area contributed by atoms with Crippen LogP contribution in [0.2, 0.25) is 0 Å². The molecular formula is C18H22N2O2. The fourth-order valence-corrected chi connectivity index (χ4v) is 3.11. The van der Waals surface area contributed by atoms with E-state index < -0.39 is 0 Å².